The van der Waals surface area contributed by atoms with Crippen molar-refractivity contribution < 1.29 is 5.11 Å². The standard InChI is InChI=1S/C13H11ClN4O/c1-8-3-2-4-9(5-8)18-12-10(7-15-18)13(19)17-11(6-14)16-12/h2-5,7H,6H2,1H3,(H,16,17,19). The van der Waals surface area contributed by atoms with E-state index in [1.54, 1.807) is 10.9 Å². The second-order valence-electron chi connectivity index (χ2n) is 4.23. The molecule has 96 valence electrons. The van der Waals surface area contributed by atoms with Crippen LogP contribution in [0.5, 0.6) is 5.88 Å². The lowest BCUT2D eigenvalue weighted by molar-refractivity contribution is 0.457. The third-order valence-electron chi connectivity index (χ3n) is 2.82. The molecular formula is C13H11ClN4O. The smallest absolute Gasteiger partial charge is 0.225 e. The molecule has 0 aliphatic heterocycles. The quantitative estimate of drug-likeness (QED) is 0.730. The number of aromatic hydroxyl groups is 1. The Hall–Kier alpha value is -2.14. The molecule has 1 N–H and O–H groups in total. The Bertz CT molecular complexity index is 753. The average Bonchev–Trinajstić information content (AvgIpc) is 2.83. The molecular weight excluding hydrogens is 264 g/mol. The Morgan fingerprint density at radius 2 is 2.16 bits per heavy atom. The molecule has 2 aromatic heterocycles. The Balaban J connectivity index is 2.27. The lowest BCUT2D eigenvalue weighted by Gasteiger charge is -2.04. The highest BCUT2D eigenvalue weighted by Gasteiger charge is 2.12. The van der Waals surface area contributed by atoms with E-state index in [1.807, 2.05) is 31.2 Å². The van der Waals surface area contributed by atoms with Gasteiger partial charge >= 0.3 is 0 Å². The summed E-state index contributed by atoms with van der Waals surface area (Å²) in [5.74, 6) is 0.420. The number of benzene rings is 1. The van der Waals surface area contributed by atoms with Gasteiger partial charge in [0.1, 0.15) is 11.2 Å². The maximum absolute atomic E-state index is 9.83. The summed E-state index contributed by atoms with van der Waals surface area (Å²) in [6.07, 6.45) is 1.55. The maximum atomic E-state index is 9.83. The predicted molar refractivity (Wildman–Crippen MR) is 72.6 cm³/mol. The normalized spacial score (nSPS) is 11.1. The van der Waals surface area contributed by atoms with E-state index in [0.29, 0.717) is 16.9 Å². The number of alkyl halides is 1. The number of nitrogens with zero attached hydrogens (tertiary/aromatic N) is 4. The molecule has 0 aliphatic rings. The van der Waals surface area contributed by atoms with Gasteiger partial charge in [-0.15, -0.1) is 11.6 Å². The Morgan fingerprint density at radius 3 is 2.89 bits per heavy atom. The summed E-state index contributed by atoms with van der Waals surface area (Å²) in [5.41, 5.74) is 2.55. The zero-order chi connectivity index (χ0) is 13.4. The third-order valence-corrected chi connectivity index (χ3v) is 3.06. The van der Waals surface area contributed by atoms with E-state index < -0.39 is 0 Å². The van der Waals surface area contributed by atoms with Gasteiger partial charge in [0.15, 0.2) is 5.65 Å². The fraction of sp³-hybridized carbons (Fsp3) is 0.154. The summed E-state index contributed by atoms with van der Waals surface area (Å²) in [6, 6.07) is 7.87. The van der Waals surface area contributed by atoms with Gasteiger partial charge in [-0.25, -0.2) is 9.67 Å². The zero-order valence-corrected chi connectivity index (χ0v) is 11.0. The molecule has 0 fully saturated rings. The fourth-order valence-electron chi connectivity index (χ4n) is 1.95. The van der Waals surface area contributed by atoms with E-state index in [1.165, 1.54) is 0 Å². The molecule has 3 rings (SSSR count). The molecule has 1 aromatic carbocycles. The van der Waals surface area contributed by atoms with Crippen LogP contribution < -0.4 is 0 Å². The molecule has 0 amide bonds. The van der Waals surface area contributed by atoms with Crippen LogP contribution in [0.4, 0.5) is 0 Å². The highest BCUT2D eigenvalue weighted by molar-refractivity contribution is 6.16. The first-order valence-electron chi connectivity index (χ1n) is 5.75. The van der Waals surface area contributed by atoms with Crippen LogP contribution >= 0.6 is 11.6 Å². The number of rotatable bonds is 2. The average molecular weight is 275 g/mol. The molecule has 0 aliphatic carbocycles. The molecule has 0 saturated heterocycles. The first-order chi connectivity index (χ1) is 9.19. The summed E-state index contributed by atoms with van der Waals surface area (Å²) in [6.45, 7) is 2.01. The number of aromatic nitrogens is 4. The summed E-state index contributed by atoms with van der Waals surface area (Å²) in [5, 5.41) is 14.6. The number of halogens is 1. The molecule has 0 saturated carbocycles. The molecule has 5 nitrogen and oxygen atoms in total. The molecule has 0 atom stereocenters. The SMILES string of the molecule is Cc1cccc(-n2ncc3c(O)nc(CCl)nc32)c1. The second-order valence-corrected chi connectivity index (χ2v) is 4.50. The van der Waals surface area contributed by atoms with Crippen LogP contribution in [0.15, 0.2) is 30.5 Å². The largest absolute Gasteiger partial charge is 0.493 e. The van der Waals surface area contributed by atoms with Gasteiger partial charge in [-0.1, -0.05) is 12.1 Å². The molecule has 0 bridgehead atoms. The zero-order valence-electron chi connectivity index (χ0n) is 10.2. The Kier molecular flexibility index (Phi) is 2.83. The minimum absolute atomic E-state index is 0.0976. The lowest BCUT2D eigenvalue weighted by Crippen LogP contribution is -2.00. The molecule has 0 unspecified atom stereocenters. The number of hydrogen-bond acceptors (Lipinski definition) is 4. The first-order valence-corrected chi connectivity index (χ1v) is 6.29. The van der Waals surface area contributed by atoms with E-state index >= 15 is 0 Å². The topological polar surface area (TPSA) is 63.8 Å². The van der Waals surface area contributed by atoms with Gasteiger partial charge in [0.05, 0.1) is 17.8 Å². The van der Waals surface area contributed by atoms with Gasteiger partial charge in [0, 0.05) is 0 Å². The van der Waals surface area contributed by atoms with Crippen molar-refractivity contribution in [2.75, 3.05) is 0 Å². The monoisotopic (exact) mass is 274 g/mol. The van der Waals surface area contributed by atoms with Gasteiger partial charge in [-0.05, 0) is 24.6 Å². The molecule has 0 spiro atoms. The third kappa shape index (κ3) is 2.02. The van der Waals surface area contributed by atoms with E-state index in [-0.39, 0.29) is 11.8 Å². The van der Waals surface area contributed by atoms with Crippen molar-refractivity contribution >= 4 is 22.6 Å². The summed E-state index contributed by atoms with van der Waals surface area (Å²) >= 11 is 5.72. The van der Waals surface area contributed by atoms with Crippen molar-refractivity contribution in [1.29, 1.82) is 0 Å². The van der Waals surface area contributed by atoms with Crippen molar-refractivity contribution in [1.82, 2.24) is 19.7 Å². The van der Waals surface area contributed by atoms with Crippen molar-refractivity contribution in [2.45, 2.75) is 12.8 Å². The van der Waals surface area contributed by atoms with Crippen LogP contribution in [0.1, 0.15) is 11.4 Å². The van der Waals surface area contributed by atoms with Crippen LogP contribution in [0.2, 0.25) is 0 Å². The molecule has 3 aromatic rings. The number of aryl methyl sites for hydroxylation is 1. The van der Waals surface area contributed by atoms with Crippen molar-refractivity contribution in [2.24, 2.45) is 0 Å². The van der Waals surface area contributed by atoms with Crippen LogP contribution in [-0.2, 0) is 5.88 Å². The minimum Gasteiger partial charge on any atom is -0.493 e. The van der Waals surface area contributed by atoms with Crippen molar-refractivity contribution in [3.05, 3.63) is 41.9 Å². The van der Waals surface area contributed by atoms with Gasteiger partial charge in [-0.2, -0.15) is 10.1 Å². The van der Waals surface area contributed by atoms with E-state index in [2.05, 4.69) is 15.1 Å². The summed E-state index contributed by atoms with van der Waals surface area (Å²) in [7, 11) is 0. The van der Waals surface area contributed by atoms with Crippen LogP contribution in [0.3, 0.4) is 0 Å². The molecule has 2 heterocycles. The number of hydrogen-bond donors (Lipinski definition) is 1. The predicted octanol–water partition coefficient (Wildman–Crippen LogP) is 2.57. The fourth-order valence-corrected chi connectivity index (χ4v) is 2.06. The van der Waals surface area contributed by atoms with Crippen LogP contribution in [-0.4, -0.2) is 24.9 Å². The van der Waals surface area contributed by atoms with Gasteiger partial charge in [0.25, 0.3) is 0 Å². The van der Waals surface area contributed by atoms with Crippen molar-refractivity contribution in [3.63, 3.8) is 0 Å². The summed E-state index contributed by atoms with van der Waals surface area (Å²) in [4.78, 5) is 8.22. The van der Waals surface area contributed by atoms with E-state index in [9.17, 15) is 5.11 Å². The lowest BCUT2D eigenvalue weighted by atomic mass is 10.2. The van der Waals surface area contributed by atoms with Gasteiger partial charge in [-0.3, -0.25) is 0 Å². The maximum Gasteiger partial charge on any atom is 0.225 e. The van der Waals surface area contributed by atoms with Gasteiger partial charge < -0.3 is 5.11 Å². The minimum atomic E-state index is -0.0976. The van der Waals surface area contributed by atoms with Crippen LogP contribution in [0.25, 0.3) is 16.7 Å². The van der Waals surface area contributed by atoms with E-state index in [4.69, 9.17) is 11.6 Å². The highest BCUT2D eigenvalue weighted by Crippen LogP contribution is 2.23. The summed E-state index contributed by atoms with van der Waals surface area (Å²) < 4.78 is 1.67. The Labute approximate surface area is 114 Å². The van der Waals surface area contributed by atoms with E-state index in [0.717, 1.165) is 11.3 Å². The first kappa shape index (κ1) is 11.9. The second kappa shape index (κ2) is 4.51. The molecule has 0 radical (unpaired) electrons. The van der Waals surface area contributed by atoms with Crippen molar-refractivity contribution in [3.8, 4) is 11.6 Å². The van der Waals surface area contributed by atoms with Crippen LogP contribution in [0, 0.1) is 6.92 Å². The highest BCUT2D eigenvalue weighted by atomic mass is 35.5. The number of fused-ring (bicyclic) bond motifs is 1. The molecule has 19 heavy (non-hydrogen) atoms. The molecule has 6 heteroatoms. The Morgan fingerprint density at radius 1 is 1.32 bits per heavy atom. The van der Waals surface area contributed by atoms with Gasteiger partial charge in [0.2, 0.25) is 5.88 Å².